The molecule has 0 unspecified atom stereocenters. The van der Waals surface area contributed by atoms with E-state index in [0.717, 1.165) is 42.2 Å². The second-order valence-corrected chi connectivity index (χ2v) is 11.7. The van der Waals surface area contributed by atoms with E-state index >= 15 is 0 Å². The summed E-state index contributed by atoms with van der Waals surface area (Å²) in [4.78, 5) is 8.57. The summed E-state index contributed by atoms with van der Waals surface area (Å²) >= 11 is 1.56. The lowest BCUT2D eigenvalue weighted by atomic mass is 9.84. The molecule has 0 bridgehead atoms. The van der Waals surface area contributed by atoms with Crippen molar-refractivity contribution < 1.29 is 23.0 Å². The average Bonchev–Trinajstić information content (AvgIpc) is 3.50. The third-order valence-electron chi connectivity index (χ3n) is 8.08. The number of alkyl halides is 2. The third kappa shape index (κ3) is 4.08. The van der Waals surface area contributed by atoms with E-state index in [4.69, 9.17) is 14.2 Å². The monoisotopic (exact) mass is 509 g/mol. The molecule has 6 rings (SSSR count). The lowest BCUT2D eigenvalue weighted by molar-refractivity contribution is -0.191. The van der Waals surface area contributed by atoms with Crippen LogP contribution in [0, 0.1) is 0 Å². The first kappa shape index (κ1) is 24.0. The maximum absolute atomic E-state index is 14.8. The van der Waals surface area contributed by atoms with Crippen LogP contribution in [0.3, 0.4) is 0 Å². The van der Waals surface area contributed by atoms with Crippen LogP contribution in [0.4, 0.5) is 8.78 Å². The molecule has 0 aliphatic carbocycles. The molecule has 0 amide bonds. The lowest BCUT2D eigenvalue weighted by Crippen LogP contribution is -2.54. The van der Waals surface area contributed by atoms with Gasteiger partial charge in [-0.2, -0.15) is 5.10 Å². The molecule has 2 aromatic heterocycles. The molecule has 0 aromatic carbocycles. The van der Waals surface area contributed by atoms with Gasteiger partial charge in [-0.3, -0.25) is 4.90 Å². The molecule has 0 N–H and O–H groups in total. The van der Waals surface area contributed by atoms with Gasteiger partial charge in [-0.05, 0) is 65.2 Å². The summed E-state index contributed by atoms with van der Waals surface area (Å²) in [5.41, 5.74) is 1.27. The molecule has 0 radical (unpaired) electrons. The van der Waals surface area contributed by atoms with Crippen LogP contribution in [0.1, 0.15) is 44.9 Å². The number of hydrogen-bond donors (Lipinski definition) is 0. The molecule has 4 atom stereocenters. The van der Waals surface area contributed by atoms with Crippen molar-refractivity contribution in [3.8, 4) is 0 Å². The summed E-state index contributed by atoms with van der Waals surface area (Å²) in [6.45, 7) is 5.60. The maximum atomic E-state index is 14.8. The molecule has 1 spiro atoms. The normalized spacial score (nSPS) is 34.2. The molecule has 6 heterocycles. The van der Waals surface area contributed by atoms with E-state index in [1.807, 2.05) is 41.7 Å². The minimum Gasteiger partial charge on any atom is -0.362 e. The van der Waals surface area contributed by atoms with Gasteiger partial charge in [0.25, 0.3) is 5.92 Å². The Bertz CT molecular complexity index is 1110. The lowest BCUT2D eigenvalue weighted by Gasteiger charge is -2.44. The van der Waals surface area contributed by atoms with E-state index in [2.05, 4.69) is 22.0 Å². The average molecular weight is 510 g/mol. The predicted octanol–water partition coefficient (Wildman–Crippen LogP) is 3.22. The minimum atomic E-state index is -2.69. The van der Waals surface area contributed by atoms with Crippen molar-refractivity contribution in [1.29, 1.82) is 0 Å². The van der Waals surface area contributed by atoms with Crippen LogP contribution in [0.15, 0.2) is 23.5 Å². The van der Waals surface area contributed by atoms with Crippen molar-refractivity contribution in [3.63, 3.8) is 0 Å². The molecule has 4 fully saturated rings. The Kier molecular flexibility index (Phi) is 5.71. The SMILES string of the molecule is CSc1ncnn2c([C@@H]3O[C@H](CN4CC(F)(F)CC45CCN(C)CC5)[C@H]4OC(C)(C)O[C@H]43)ccc12. The van der Waals surface area contributed by atoms with Crippen LogP contribution in [0.5, 0.6) is 0 Å². The predicted molar refractivity (Wildman–Crippen MR) is 127 cm³/mol. The van der Waals surface area contributed by atoms with Crippen LogP contribution in [-0.4, -0.2) is 99.4 Å². The number of piperidine rings is 1. The molecule has 0 saturated carbocycles. The zero-order valence-corrected chi connectivity index (χ0v) is 21.4. The summed E-state index contributed by atoms with van der Waals surface area (Å²) in [6.07, 6.45) is 3.41. The molecule has 192 valence electrons. The maximum Gasteiger partial charge on any atom is 0.262 e. The van der Waals surface area contributed by atoms with Gasteiger partial charge in [-0.15, -0.1) is 11.8 Å². The van der Waals surface area contributed by atoms with Gasteiger partial charge in [0, 0.05) is 18.5 Å². The van der Waals surface area contributed by atoms with Gasteiger partial charge >= 0.3 is 0 Å². The number of aromatic nitrogens is 3. The van der Waals surface area contributed by atoms with E-state index in [1.165, 1.54) is 0 Å². The summed E-state index contributed by atoms with van der Waals surface area (Å²) in [7, 11) is 2.05. The van der Waals surface area contributed by atoms with E-state index in [1.54, 1.807) is 18.1 Å². The Morgan fingerprint density at radius 3 is 2.63 bits per heavy atom. The van der Waals surface area contributed by atoms with Crippen molar-refractivity contribution in [2.24, 2.45) is 0 Å². The van der Waals surface area contributed by atoms with Crippen LogP contribution in [-0.2, 0) is 14.2 Å². The van der Waals surface area contributed by atoms with Crippen molar-refractivity contribution in [2.75, 3.05) is 39.5 Å². The highest BCUT2D eigenvalue weighted by Gasteiger charge is 2.60. The van der Waals surface area contributed by atoms with Crippen LogP contribution in [0.2, 0.25) is 0 Å². The molecule has 4 aliphatic rings. The fourth-order valence-electron chi connectivity index (χ4n) is 6.47. The fraction of sp³-hybridized carbons (Fsp3) is 0.750. The van der Waals surface area contributed by atoms with Gasteiger partial charge in [0.15, 0.2) is 5.79 Å². The summed E-state index contributed by atoms with van der Waals surface area (Å²) < 4.78 is 50.6. The molecule has 35 heavy (non-hydrogen) atoms. The molecule has 2 aromatic rings. The first-order valence-electron chi connectivity index (χ1n) is 12.3. The van der Waals surface area contributed by atoms with Crippen molar-refractivity contribution in [2.45, 2.75) is 79.8 Å². The van der Waals surface area contributed by atoms with Crippen LogP contribution in [0.25, 0.3) is 5.52 Å². The van der Waals surface area contributed by atoms with Gasteiger partial charge in [-0.25, -0.2) is 18.3 Å². The molecular weight excluding hydrogens is 476 g/mol. The van der Waals surface area contributed by atoms with E-state index in [0.29, 0.717) is 6.54 Å². The second-order valence-electron chi connectivity index (χ2n) is 10.9. The smallest absolute Gasteiger partial charge is 0.262 e. The van der Waals surface area contributed by atoms with Crippen molar-refractivity contribution >= 4 is 17.3 Å². The summed E-state index contributed by atoms with van der Waals surface area (Å²) in [6, 6.07) is 3.98. The number of rotatable bonds is 4. The second kappa shape index (κ2) is 8.32. The highest BCUT2D eigenvalue weighted by atomic mass is 32.2. The van der Waals surface area contributed by atoms with Gasteiger partial charge < -0.3 is 19.1 Å². The third-order valence-corrected chi connectivity index (χ3v) is 8.78. The Labute approximate surface area is 208 Å². The number of thioether (sulfide) groups is 1. The minimum absolute atomic E-state index is 0.0847. The first-order valence-corrected chi connectivity index (χ1v) is 13.5. The Balaban J connectivity index is 1.31. The zero-order chi connectivity index (χ0) is 24.6. The molecule has 4 aliphatic heterocycles. The topological polar surface area (TPSA) is 64.4 Å². The van der Waals surface area contributed by atoms with Gasteiger partial charge in [0.2, 0.25) is 0 Å². The quantitative estimate of drug-likeness (QED) is 0.583. The van der Waals surface area contributed by atoms with Gasteiger partial charge in [-0.1, -0.05) is 0 Å². The molecule has 8 nitrogen and oxygen atoms in total. The first-order chi connectivity index (χ1) is 16.6. The summed E-state index contributed by atoms with van der Waals surface area (Å²) in [5.74, 6) is -3.47. The molecule has 4 saturated heterocycles. The Hall–Kier alpha value is -1.37. The number of nitrogens with zero attached hydrogens (tertiary/aromatic N) is 5. The Morgan fingerprint density at radius 1 is 1.14 bits per heavy atom. The van der Waals surface area contributed by atoms with E-state index in [9.17, 15) is 8.78 Å². The molecule has 11 heteroatoms. The standard InChI is InChI=1S/C24H33F2N5O3S/c1-22(2)33-19-17(11-30-13-24(25,26)12-23(30)7-9-29(3)10-8-23)32-18(20(19)34-22)15-5-6-16-21(35-4)27-14-28-31(15)16/h5-6,14,17-20H,7-13H2,1-4H3/t17-,18+,19-,20+/m1/s1. The van der Waals surface area contributed by atoms with Crippen molar-refractivity contribution in [3.05, 3.63) is 24.2 Å². The largest absolute Gasteiger partial charge is 0.362 e. The zero-order valence-electron chi connectivity index (χ0n) is 20.6. The van der Waals surface area contributed by atoms with Crippen LogP contribution >= 0.6 is 11.8 Å². The van der Waals surface area contributed by atoms with E-state index < -0.39 is 23.4 Å². The number of halogens is 2. The number of fused-ring (bicyclic) bond motifs is 2. The highest BCUT2D eigenvalue weighted by molar-refractivity contribution is 7.98. The summed E-state index contributed by atoms with van der Waals surface area (Å²) in [5, 5.41) is 5.35. The Morgan fingerprint density at radius 2 is 1.89 bits per heavy atom. The molecular formula is C24H33F2N5O3S. The number of ether oxygens (including phenoxy) is 3. The van der Waals surface area contributed by atoms with Gasteiger partial charge in [0.05, 0.1) is 17.8 Å². The number of hydrogen-bond acceptors (Lipinski definition) is 8. The number of likely N-dealkylation sites (tertiary alicyclic amines) is 2. The van der Waals surface area contributed by atoms with Crippen LogP contribution < -0.4 is 0 Å². The van der Waals surface area contributed by atoms with Gasteiger partial charge in [0.1, 0.15) is 35.8 Å². The highest BCUT2D eigenvalue weighted by Crippen LogP contribution is 2.49. The van der Waals surface area contributed by atoms with E-state index in [-0.39, 0.29) is 31.3 Å². The fourth-order valence-corrected chi connectivity index (χ4v) is 6.99. The van der Waals surface area contributed by atoms with Crippen molar-refractivity contribution in [1.82, 2.24) is 24.4 Å².